The van der Waals surface area contributed by atoms with Gasteiger partial charge in [-0.25, -0.2) is 4.98 Å². The van der Waals surface area contributed by atoms with E-state index in [-0.39, 0.29) is 0 Å². The summed E-state index contributed by atoms with van der Waals surface area (Å²) in [5.41, 5.74) is 3.35. The van der Waals surface area contributed by atoms with E-state index in [1.165, 1.54) is 11.1 Å². The first-order chi connectivity index (χ1) is 15.6. The maximum absolute atomic E-state index is 5.51. The monoisotopic (exact) mass is 434 g/mol. The summed E-state index contributed by atoms with van der Waals surface area (Å²) in [4.78, 5) is 7.02. The maximum Gasteiger partial charge on any atom is 0.128 e. The van der Waals surface area contributed by atoms with E-state index in [9.17, 15) is 0 Å². The fourth-order valence-corrected chi connectivity index (χ4v) is 4.53. The second kappa shape index (κ2) is 10.1. The standard InChI is InChI=1S/C26H34N4O2/c1-30(2)24-16-26(29-23-8-6-5-7-22(23)24)28-20-11-9-19(10-12-20)27-17-18-15-21(31-3)13-14-25(18)32-4/h5-8,13-16,19-20,27H,9-12,17H2,1-4H3,(H,28,29)/t19-,20+. The van der Waals surface area contributed by atoms with Gasteiger partial charge in [0.15, 0.2) is 0 Å². The van der Waals surface area contributed by atoms with E-state index < -0.39 is 0 Å². The normalized spacial score (nSPS) is 18.4. The molecule has 6 nitrogen and oxygen atoms in total. The van der Waals surface area contributed by atoms with E-state index in [1.807, 2.05) is 24.3 Å². The average molecular weight is 435 g/mol. The fraction of sp³-hybridized carbons (Fsp3) is 0.423. The Hall–Kier alpha value is -2.99. The van der Waals surface area contributed by atoms with Gasteiger partial charge in [0.1, 0.15) is 17.3 Å². The molecule has 0 aliphatic heterocycles. The highest BCUT2D eigenvalue weighted by Gasteiger charge is 2.22. The zero-order valence-corrected chi connectivity index (χ0v) is 19.5. The molecule has 2 aromatic carbocycles. The van der Waals surface area contributed by atoms with Crippen LogP contribution in [0.5, 0.6) is 11.5 Å². The van der Waals surface area contributed by atoms with Gasteiger partial charge < -0.3 is 25.0 Å². The first-order valence-corrected chi connectivity index (χ1v) is 11.4. The number of ether oxygens (including phenoxy) is 2. The van der Waals surface area contributed by atoms with Gasteiger partial charge >= 0.3 is 0 Å². The topological polar surface area (TPSA) is 58.7 Å². The van der Waals surface area contributed by atoms with Gasteiger partial charge in [0.2, 0.25) is 0 Å². The van der Waals surface area contributed by atoms with Crippen LogP contribution in [0, 0.1) is 0 Å². The molecule has 1 aromatic heterocycles. The molecular weight excluding hydrogens is 400 g/mol. The Kier molecular flexibility index (Phi) is 7.00. The van der Waals surface area contributed by atoms with Crippen LogP contribution >= 0.6 is 0 Å². The van der Waals surface area contributed by atoms with Crippen LogP contribution in [0.1, 0.15) is 31.2 Å². The molecule has 1 fully saturated rings. The molecule has 32 heavy (non-hydrogen) atoms. The lowest BCUT2D eigenvalue weighted by atomic mass is 9.91. The summed E-state index contributed by atoms with van der Waals surface area (Å²) in [7, 11) is 7.57. The molecule has 0 atom stereocenters. The molecule has 0 spiro atoms. The molecule has 1 aliphatic carbocycles. The molecule has 0 unspecified atom stereocenters. The van der Waals surface area contributed by atoms with Crippen LogP contribution in [-0.4, -0.2) is 45.4 Å². The molecule has 1 aliphatic rings. The third-order valence-electron chi connectivity index (χ3n) is 6.32. The van der Waals surface area contributed by atoms with Crippen molar-refractivity contribution < 1.29 is 9.47 Å². The zero-order valence-electron chi connectivity index (χ0n) is 19.5. The largest absolute Gasteiger partial charge is 0.497 e. The van der Waals surface area contributed by atoms with Gasteiger partial charge in [-0.05, 0) is 49.9 Å². The Labute approximate surface area is 190 Å². The van der Waals surface area contributed by atoms with E-state index in [0.717, 1.165) is 60.6 Å². The van der Waals surface area contributed by atoms with E-state index in [2.05, 4.69) is 53.9 Å². The summed E-state index contributed by atoms with van der Waals surface area (Å²) in [5.74, 6) is 2.72. The number of anilines is 2. The van der Waals surface area contributed by atoms with Crippen LogP contribution in [-0.2, 0) is 6.54 Å². The lowest BCUT2D eigenvalue weighted by Gasteiger charge is -2.30. The second-order valence-corrected chi connectivity index (χ2v) is 8.69. The van der Waals surface area contributed by atoms with Crippen LogP contribution in [0.25, 0.3) is 10.9 Å². The van der Waals surface area contributed by atoms with E-state index in [0.29, 0.717) is 12.1 Å². The van der Waals surface area contributed by atoms with Crippen molar-refractivity contribution in [2.24, 2.45) is 0 Å². The second-order valence-electron chi connectivity index (χ2n) is 8.69. The van der Waals surface area contributed by atoms with Gasteiger partial charge in [0.25, 0.3) is 0 Å². The van der Waals surface area contributed by atoms with Crippen LogP contribution in [0.2, 0.25) is 0 Å². The van der Waals surface area contributed by atoms with Crippen LogP contribution in [0.3, 0.4) is 0 Å². The molecule has 0 saturated heterocycles. The Balaban J connectivity index is 1.35. The molecule has 2 N–H and O–H groups in total. The van der Waals surface area contributed by atoms with Crippen molar-refractivity contribution in [3.05, 3.63) is 54.1 Å². The van der Waals surface area contributed by atoms with Crippen molar-refractivity contribution in [2.45, 2.75) is 44.3 Å². The highest BCUT2D eigenvalue weighted by Crippen LogP contribution is 2.30. The first kappa shape index (κ1) is 22.2. The molecule has 170 valence electrons. The fourth-order valence-electron chi connectivity index (χ4n) is 4.53. The number of para-hydroxylation sites is 1. The summed E-state index contributed by atoms with van der Waals surface area (Å²) in [5, 5.41) is 8.59. The lowest BCUT2D eigenvalue weighted by Crippen LogP contribution is -2.36. The highest BCUT2D eigenvalue weighted by atomic mass is 16.5. The minimum absolute atomic E-state index is 0.447. The van der Waals surface area contributed by atoms with E-state index >= 15 is 0 Å². The Morgan fingerprint density at radius 1 is 0.938 bits per heavy atom. The summed E-state index contributed by atoms with van der Waals surface area (Å²) >= 11 is 0. The molecule has 6 heteroatoms. The van der Waals surface area contributed by atoms with Crippen molar-refractivity contribution in [3.8, 4) is 11.5 Å². The number of hydrogen-bond donors (Lipinski definition) is 2. The summed E-state index contributed by atoms with van der Waals surface area (Å²) < 4.78 is 10.9. The number of nitrogens with one attached hydrogen (secondary N) is 2. The average Bonchev–Trinajstić information content (AvgIpc) is 2.82. The molecule has 0 radical (unpaired) electrons. The number of benzene rings is 2. The van der Waals surface area contributed by atoms with E-state index in [4.69, 9.17) is 14.5 Å². The van der Waals surface area contributed by atoms with Crippen LogP contribution in [0.15, 0.2) is 48.5 Å². The minimum atomic E-state index is 0.447. The number of hydrogen-bond acceptors (Lipinski definition) is 6. The summed E-state index contributed by atoms with van der Waals surface area (Å²) in [6, 6.07) is 17.4. The number of fused-ring (bicyclic) bond motifs is 1. The Bertz CT molecular complexity index is 1050. The summed E-state index contributed by atoms with van der Waals surface area (Å²) in [6.45, 7) is 0.779. The van der Waals surface area contributed by atoms with Crippen molar-refractivity contribution >= 4 is 22.4 Å². The number of rotatable bonds is 8. The number of nitrogens with zero attached hydrogens (tertiary/aromatic N) is 2. The molecule has 0 amide bonds. The van der Waals surface area contributed by atoms with Crippen molar-refractivity contribution in [2.75, 3.05) is 38.5 Å². The first-order valence-electron chi connectivity index (χ1n) is 11.4. The Morgan fingerprint density at radius 3 is 2.41 bits per heavy atom. The van der Waals surface area contributed by atoms with Crippen molar-refractivity contribution in [1.82, 2.24) is 10.3 Å². The van der Waals surface area contributed by atoms with Gasteiger partial charge in [0, 0.05) is 55.4 Å². The quantitative estimate of drug-likeness (QED) is 0.530. The molecule has 4 rings (SSSR count). The third-order valence-corrected chi connectivity index (χ3v) is 6.32. The van der Waals surface area contributed by atoms with E-state index in [1.54, 1.807) is 14.2 Å². The van der Waals surface area contributed by atoms with Gasteiger partial charge in [0.05, 0.1) is 19.7 Å². The number of aromatic nitrogens is 1. The van der Waals surface area contributed by atoms with Crippen LogP contribution in [0.4, 0.5) is 11.5 Å². The molecular formula is C26H34N4O2. The molecule has 0 bridgehead atoms. The molecule has 1 saturated carbocycles. The summed E-state index contributed by atoms with van der Waals surface area (Å²) in [6.07, 6.45) is 4.52. The number of methoxy groups -OCH3 is 2. The number of pyridine rings is 1. The predicted octanol–water partition coefficient (Wildman–Crippen LogP) is 4.83. The minimum Gasteiger partial charge on any atom is -0.497 e. The predicted molar refractivity (Wildman–Crippen MR) is 132 cm³/mol. The van der Waals surface area contributed by atoms with Crippen molar-refractivity contribution in [3.63, 3.8) is 0 Å². The molecule has 3 aromatic rings. The lowest BCUT2D eigenvalue weighted by molar-refractivity contribution is 0.347. The van der Waals surface area contributed by atoms with Gasteiger partial charge in [-0.15, -0.1) is 0 Å². The zero-order chi connectivity index (χ0) is 22.5. The van der Waals surface area contributed by atoms with Crippen molar-refractivity contribution in [1.29, 1.82) is 0 Å². The highest BCUT2D eigenvalue weighted by molar-refractivity contribution is 5.93. The van der Waals surface area contributed by atoms with Gasteiger partial charge in [-0.3, -0.25) is 0 Å². The maximum atomic E-state index is 5.51. The SMILES string of the molecule is COc1ccc(OC)c(CN[C@H]2CC[C@@H](Nc3cc(N(C)C)c4ccccc4n3)CC2)c1. The Morgan fingerprint density at radius 2 is 1.69 bits per heavy atom. The van der Waals surface area contributed by atoms with Crippen LogP contribution < -0.4 is 25.0 Å². The van der Waals surface area contributed by atoms with Gasteiger partial charge in [-0.2, -0.15) is 0 Å². The van der Waals surface area contributed by atoms with Gasteiger partial charge in [-0.1, -0.05) is 18.2 Å². The molecule has 1 heterocycles. The third kappa shape index (κ3) is 5.07. The smallest absolute Gasteiger partial charge is 0.128 e.